The summed E-state index contributed by atoms with van der Waals surface area (Å²) in [7, 11) is 0. The van der Waals surface area contributed by atoms with Gasteiger partial charge in [0.15, 0.2) is 0 Å². The van der Waals surface area contributed by atoms with Crippen molar-refractivity contribution in [1.82, 2.24) is 0 Å². The first kappa shape index (κ1) is 27.1. The Hall–Kier alpha value is -1.80. The largest absolute Gasteiger partial charge is 0.143 e. The van der Waals surface area contributed by atoms with Crippen LogP contribution < -0.4 is 0 Å². The molecule has 0 radical (unpaired) electrons. The number of thiol groups is 4. The van der Waals surface area contributed by atoms with E-state index in [0.717, 1.165) is 19.6 Å². The SMILES string of the molecule is CC1(c2ccc(C3(C)c4ccc(S)cc4Sc4cc(S)ccc43)cc2)c2ccc(S)cc2Sc2cc(S)ccc21. The summed E-state index contributed by atoms with van der Waals surface area (Å²) in [6.07, 6.45) is 0. The van der Waals surface area contributed by atoms with Crippen LogP contribution in [0.15, 0.2) is 136 Å². The molecule has 0 amide bonds. The standard InChI is InChI=1S/C34H26S6/c1-33(25-11-7-21(35)15-29(25)39-30-16-22(36)8-12-26(30)33)19-3-5-20(6-4-19)34(2)27-13-9-23(37)17-31(27)40-32-18-24(38)10-14-28(32)34/h3-18,35-38H,1-2H3. The van der Waals surface area contributed by atoms with Gasteiger partial charge in [-0.3, -0.25) is 0 Å². The van der Waals surface area contributed by atoms with Gasteiger partial charge in [-0.2, -0.15) is 0 Å². The summed E-state index contributed by atoms with van der Waals surface area (Å²) in [5.74, 6) is 0. The molecule has 0 N–H and O–H groups in total. The molecular formula is C34H26S6. The van der Waals surface area contributed by atoms with Gasteiger partial charge in [-0.1, -0.05) is 72.1 Å². The molecule has 5 aromatic rings. The van der Waals surface area contributed by atoms with Gasteiger partial charge in [-0.25, -0.2) is 0 Å². The van der Waals surface area contributed by atoms with Crippen molar-refractivity contribution >= 4 is 74.0 Å². The van der Waals surface area contributed by atoms with Crippen LogP contribution in [0.25, 0.3) is 0 Å². The predicted octanol–water partition coefficient (Wildman–Crippen LogP) is 10.5. The van der Waals surface area contributed by atoms with Gasteiger partial charge in [0.1, 0.15) is 0 Å². The van der Waals surface area contributed by atoms with E-state index in [9.17, 15) is 0 Å². The zero-order valence-electron chi connectivity index (χ0n) is 21.8. The Morgan fingerprint density at radius 1 is 0.400 bits per heavy atom. The number of hydrogen-bond acceptors (Lipinski definition) is 6. The minimum absolute atomic E-state index is 0.307. The molecule has 0 aliphatic carbocycles. The van der Waals surface area contributed by atoms with Crippen molar-refractivity contribution in [3.8, 4) is 0 Å². The number of rotatable bonds is 2. The lowest BCUT2D eigenvalue weighted by Gasteiger charge is -2.40. The molecule has 6 heteroatoms. The molecule has 198 valence electrons. The third-order valence-electron chi connectivity index (χ3n) is 8.49. The monoisotopic (exact) mass is 626 g/mol. The van der Waals surface area contributed by atoms with Crippen molar-refractivity contribution < 1.29 is 0 Å². The van der Waals surface area contributed by atoms with Gasteiger partial charge >= 0.3 is 0 Å². The average molecular weight is 627 g/mol. The van der Waals surface area contributed by atoms with E-state index in [4.69, 9.17) is 0 Å². The van der Waals surface area contributed by atoms with Crippen LogP contribution in [-0.2, 0) is 10.8 Å². The van der Waals surface area contributed by atoms with Crippen molar-refractivity contribution in [2.45, 2.75) is 63.8 Å². The van der Waals surface area contributed by atoms with Crippen LogP contribution in [-0.4, -0.2) is 0 Å². The Kier molecular flexibility index (Phi) is 6.69. The van der Waals surface area contributed by atoms with Gasteiger partial charge in [0.2, 0.25) is 0 Å². The van der Waals surface area contributed by atoms with Crippen LogP contribution in [0.4, 0.5) is 0 Å². The van der Waals surface area contributed by atoms with Crippen molar-refractivity contribution in [3.05, 3.63) is 130 Å². The van der Waals surface area contributed by atoms with Crippen molar-refractivity contribution in [3.63, 3.8) is 0 Å². The molecule has 0 atom stereocenters. The molecule has 0 saturated heterocycles. The van der Waals surface area contributed by atoms with Crippen LogP contribution in [0.5, 0.6) is 0 Å². The van der Waals surface area contributed by atoms with Crippen molar-refractivity contribution in [2.75, 3.05) is 0 Å². The predicted molar refractivity (Wildman–Crippen MR) is 181 cm³/mol. The van der Waals surface area contributed by atoms with Crippen LogP contribution in [0.1, 0.15) is 47.2 Å². The molecule has 2 heterocycles. The van der Waals surface area contributed by atoms with E-state index >= 15 is 0 Å². The Labute approximate surface area is 266 Å². The quantitative estimate of drug-likeness (QED) is 0.144. The Bertz CT molecular complexity index is 1590. The van der Waals surface area contributed by atoms with E-state index in [1.165, 1.54) is 53.0 Å². The first-order chi connectivity index (χ1) is 19.2. The number of fused-ring (bicyclic) bond motifs is 4. The van der Waals surface area contributed by atoms with Gasteiger partial charge in [0.05, 0.1) is 0 Å². The molecule has 0 saturated carbocycles. The summed E-state index contributed by atoms with van der Waals surface area (Å²) >= 11 is 22.2. The van der Waals surface area contributed by atoms with E-state index in [0.29, 0.717) is 0 Å². The van der Waals surface area contributed by atoms with E-state index < -0.39 is 0 Å². The molecule has 0 aromatic heterocycles. The van der Waals surface area contributed by atoms with Crippen molar-refractivity contribution in [1.29, 1.82) is 0 Å². The topological polar surface area (TPSA) is 0 Å². The lowest BCUT2D eigenvalue weighted by atomic mass is 9.68. The fourth-order valence-corrected chi connectivity index (χ4v) is 10.2. The van der Waals surface area contributed by atoms with Crippen LogP contribution in [0.2, 0.25) is 0 Å². The molecule has 7 rings (SSSR count). The zero-order chi connectivity index (χ0) is 27.8. The maximum Gasteiger partial charge on any atom is 0.0445 e. The van der Waals surface area contributed by atoms with E-state index in [2.05, 4.69) is 161 Å². The van der Waals surface area contributed by atoms with E-state index in [1.807, 2.05) is 23.5 Å². The fraction of sp³-hybridized carbons (Fsp3) is 0.118. The second kappa shape index (κ2) is 9.89. The Balaban J connectivity index is 1.41. The van der Waals surface area contributed by atoms with Crippen LogP contribution in [0.3, 0.4) is 0 Å². The van der Waals surface area contributed by atoms with E-state index in [-0.39, 0.29) is 10.8 Å². The second-order valence-corrected chi connectivity index (χ2v) is 15.0. The van der Waals surface area contributed by atoms with Crippen LogP contribution in [0, 0.1) is 0 Å². The summed E-state index contributed by atoms with van der Waals surface area (Å²) in [4.78, 5) is 8.88. The van der Waals surface area contributed by atoms with Gasteiger partial charge in [-0.15, -0.1) is 50.5 Å². The van der Waals surface area contributed by atoms with Gasteiger partial charge < -0.3 is 0 Å². The van der Waals surface area contributed by atoms with Crippen molar-refractivity contribution in [2.24, 2.45) is 0 Å². The third kappa shape index (κ3) is 4.13. The minimum Gasteiger partial charge on any atom is -0.143 e. The molecule has 5 aromatic carbocycles. The number of benzene rings is 5. The highest BCUT2D eigenvalue weighted by Crippen LogP contribution is 2.55. The van der Waals surface area contributed by atoms with Gasteiger partial charge in [-0.05, 0) is 95.8 Å². The average Bonchev–Trinajstić information content (AvgIpc) is 2.92. The van der Waals surface area contributed by atoms with E-state index in [1.54, 1.807) is 0 Å². The Morgan fingerprint density at radius 2 is 0.650 bits per heavy atom. The lowest BCUT2D eigenvalue weighted by Crippen LogP contribution is -2.31. The molecule has 0 spiro atoms. The minimum atomic E-state index is -0.307. The summed E-state index contributed by atoms with van der Waals surface area (Å²) in [6.45, 7) is 4.70. The second-order valence-electron chi connectivity index (χ2n) is 10.8. The fourth-order valence-electron chi connectivity index (χ4n) is 6.32. The summed E-state index contributed by atoms with van der Waals surface area (Å²) in [5.41, 5.74) is 7.15. The molecule has 0 bridgehead atoms. The normalized spacial score (nSPS) is 15.9. The smallest absolute Gasteiger partial charge is 0.0445 e. The highest BCUT2D eigenvalue weighted by atomic mass is 32.2. The molecular weight excluding hydrogens is 601 g/mol. The van der Waals surface area contributed by atoms with Gasteiger partial charge in [0.25, 0.3) is 0 Å². The maximum atomic E-state index is 4.65. The lowest BCUT2D eigenvalue weighted by molar-refractivity contribution is 0.639. The summed E-state index contributed by atoms with van der Waals surface area (Å²) in [6, 6.07) is 35.4. The first-order valence-electron chi connectivity index (χ1n) is 13.0. The van der Waals surface area contributed by atoms with Crippen LogP contribution >= 0.6 is 74.0 Å². The molecule has 0 fully saturated rings. The summed E-state index contributed by atoms with van der Waals surface area (Å²) in [5, 5.41) is 0. The first-order valence-corrected chi connectivity index (χ1v) is 16.4. The number of hydrogen-bond donors (Lipinski definition) is 4. The zero-order valence-corrected chi connectivity index (χ0v) is 27.1. The Morgan fingerprint density at radius 3 is 0.900 bits per heavy atom. The highest BCUT2D eigenvalue weighted by Gasteiger charge is 2.41. The highest BCUT2D eigenvalue weighted by molar-refractivity contribution is 7.99. The molecule has 2 aliphatic rings. The van der Waals surface area contributed by atoms with Gasteiger partial charge in [0, 0.05) is 50.0 Å². The molecule has 0 unspecified atom stereocenters. The maximum absolute atomic E-state index is 4.65. The molecule has 40 heavy (non-hydrogen) atoms. The summed E-state index contributed by atoms with van der Waals surface area (Å²) < 4.78 is 0. The third-order valence-corrected chi connectivity index (χ3v) is 11.8. The molecule has 2 aliphatic heterocycles. The molecule has 0 nitrogen and oxygen atoms in total.